The smallest absolute Gasteiger partial charge is 0.267 e. The van der Waals surface area contributed by atoms with E-state index < -0.39 is 0 Å². The molecule has 0 aliphatic heterocycles. The van der Waals surface area contributed by atoms with Crippen molar-refractivity contribution in [3.05, 3.63) is 210 Å². The number of fused-ring (bicyclic) bond motifs is 3. The molecule has 0 aliphatic rings. The number of pyridine rings is 1. The molecule has 0 spiro atoms. The average Bonchev–Trinajstić information content (AvgIpc) is 3.90. The molecule has 3 aromatic heterocycles. The van der Waals surface area contributed by atoms with Crippen LogP contribution in [-0.4, -0.2) is 14.1 Å². The maximum atomic E-state index is 6.85. The molecule has 0 saturated heterocycles. The topological polar surface area (TPSA) is 35.9 Å². The molecule has 0 fully saturated rings. The second kappa shape index (κ2) is 16.8. The van der Waals surface area contributed by atoms with Crippen molar-refractivity contribution in [2.75, 3.05) is 0 Å². The number of ether oxygens (including phenoxy) is 1. The van der Waals surface area contributed by atoms with Crippen molar-refractivity contribution in [1.82, 2.24) is 14.1 Å². The zero-order valence-electron chi connectivity index (χ0n) is 38.5. The van der Waals surface area contributed by atoms with E-state index in [1.165, 1.54) is 27.8 Å². The maximum absolute atomic E-state index is 6.85. The first-order valence-electron chi connectivity index (χ1n) is 22.0. The quantitative estimate of drug-likeness (QED) is 0.107. The van der Waals surface area contributed by atoms with Crippen molar-refractivity contribution >= 4 is 21.8 Å². The van der Waals surface area contributed by atoms with Crippen LogP contribution in [-0.2, 0) is 42.7 Å². The van der Waals surface area contributed by atoms with Crippen LogP contribution in [0.4, 0.5) is 0 Å². The van der Waals surface area contributed by atoms with Crippen LogP contribution in [0.5, 0.6) is 11.5 Å². The van der Waals surface area contributed by atoms with Crippen LogP contribution in [0.25, 0.3) is 39.0 Å². The van der Waals surface area contributed by atoms with Gasteiger partial charge in [0.05, 0.1) is 5.69 Å². The Kier molecular flexibility index (Phi) is 11.7. The molecule has 9 rings (SSSR count). The zero-order chi connectivity index (χ0) is 44.3. The standard InChI is InChI=1S/C58H56N4O.Pt/c1-55(2,3)42-27-28-59-54(36-42)62-52-24-18-17-23-50(52)51-26-25-48(38-53(51)62)63-49-35-45(58(9,10)41-21-15-12-16-22-41)34-47(37-49)61-30-29-60(39-61)46-32-43(56(4,5)6)31-44(33-46)57(7,8)40-19-13-11-14-20-40;/h11-36H,1-10H3;/q-2;. The van der Waals surface area contributed by atoms with E-state index >= 15 is 0 Å². The first kappa shape index (κ1) is 44.6. The van der Waals surface area contributed by atoms with E-state index in [4.69, 9.17) is 9.72 Å². The van der Waals surface area contributed by atoms with Crippen molar-refractivity contribution in [3.8, 4) is 28.7 Å². The molecule has 3 heterocycles. The van der Waals surface area contributed by atoms with Crippen LogP contribution in [0, 0.1) is 18.5 Å². The predicted octanol–water partition coefficient (Wildman–Crippen LogP) is 13.7. The number of rotatable bonds is 9. The molecule has 0 amide bonds. The van der Waals surface area contributed by atoms with E-state index in [1.54, 1.807) is 0 Å². The fraction of sp³-hybridized carbons (Fsp3) is 0.241. The molecular formula is C58H56N4OPt-2. The van der Waals surface area contributed by atoms with E-state index in [-0.39, 0.29) is 42.7 Å². The van der Waals surface area contributed by atoms with Gasteiger partial charge in [-0.25, -0.2) is 4.98 Å². The summed E-state index contributed by atoms with van der Waals surface area (Å²) in [4.78, 5) is 4.88. The van der Waals surface area contributed by atoms with Gasteiger partial charge in [-0.3, -0.25) is 4.57 Å². The van der Waals surface area contributed by atoms with Gasteiger partial charge in [-0.1, -0.05) is 160 Å². The summed E-state index contributed by atoms with van der Waals surface area (Å²) in [6.07, 6.45) is 9.69. The van der Waals surface area contributed by atoms with Crippen LogP contribution in [0.15, 0.2) is 158 Å². The molecule has 0 N–H and O–H groups in total. The zero-order valence-corrected chi connectivity index (χ0v) is 40.8. The summed E-state index contributed by atoms with van der Waals surface area (Å²) in [6, 6.07) is 56.9. The van der Waals surface area contributed by atoms with Gasteiger partial charge in [-0.15, -0.1) is 35.2 Å². The first-order chi connectivity index (χ1) is 30.0. The van der Waals surface area contributed by atoms with Crippen molar-refractivity contribution in [1.29, 1.82) is 0 Å². The number of benzene rings is 6. The summed E-state index contributed by atoms with van der Waals surface area (Å²) in [5.41, 5.74) is 10.5. The molecule has 0 unspecified atom stereocenters. The Bertz CT molecular complexity index is 3110. The summed E-state index contributed by atoms with van der Waals surface area (Å²) < 4.78 is 13.2. The normalized spacial score (nSPS) is 12.4. The molecule has 0 aliphatic carbocycles. The van der Waals surface area contributed by atoms with Gasteiger partial charge in [0, 0.05) is 62.1 Å². The number of hydrogen-bond donors (Lipinski definition) is 0. The van der Waals surface area contributed by atoms with Crippen molar-refractivity contribution < 1.29 is 30.4 Å². The Morgan fingerprint density at radius 3 is 1.80 bits per heavy atom. The summed E-state index contributed by atoms with van der Waals surface area (Å²) in [7, 11) is 0. The third-order valence-corrected chi connectivity index (χ3v) is 12.8. The van der Waals surface area contributed by atoms with Crippen LogP contribution in [0.3, 0.4) is 0 Å². The van der Waals surface area contributed by atoms with Gasteiger partial charge in [0.15, 0.2) is 0 Å². The van der Waals surface area contributed by atoms with E-state index in [1.807, 2.05) is 16.8 Å². The second-order valence-corrected chi connectivity index (χ2v) is 19.9. The molecule has 0 saturated carbocycles. The number of hydrogen-bond acceptors (Lipinski definition) is 2. The maximum Gasteiger partial charge on any atom is 0.267 e. The molecule has 0 atom stereocenters. The Morgan fingerprint density at radius 1 is 0.531 bits per heavy atom. The Balaban J connectivity index is 0.00000560. The Morgan fingerprint density at radius 2 is 1.14 bits per heavy atom. The van der Waals surface area contributed by atoms with Crippen LogP contribution >= 0.6 is 0 Å². The van der Waals surface area contributed by atoms with E-state index in [0.717, 1.165) is 44.6 Å². The van der Waals surface area contributed by atoms with Gasteiger partial charge >= 0.3 is 0 Å². The fourth-order valence-corrected chi connectivity index (χ4v) is 8.55. The van der Waals surface area contributed by atoms with Crippen LogP contribution in [0.1, 0.15) is 103 Å². The molecular weight excluding hydrogens is 964 g/mol. The van der Waals surface area contributed by atoms with Gasteiger partial charge < -0.3 is 13.9 Å². The molecule has 64 heavy (non-hydrogen) atoms. The van der Waals surface area contributed by atoms with Crippen LogP contribution in [0.2, 0.25) is 0 Å². The largest absolute Gasteiger partial charge is 0.510 e. The predicted molar refractivity (Wildman–Crippen MR) is 257 cm³/mol. The summed E-state index contributed by atoms with van der Waals surface area (Å²) in [5.74, 6) is 2.03. The fourth-order valence-electron chi connectivity index (χ4n) is 8.55. The molecule has 326 valence electrons. The Labute approximate surface area is 393 Å². The minimum absolute atomic E-state index is 0. The first-order valence-corrected chi connectivity index (χ1v) is 22.0. The van der Waals surface area contributed by atoms with E-state index in [2.05, 4.69) is 243 Å². The van der Waals surface area contributed by atoms with E-state index in [0.29, 0.717) is 11.5 Å². The SMILES string of the molecule is CC(C)(C)c1cc(-[n+]2[c-]n(-c3[c-]c(Oc4[c-]c5c(cc4)c4ccccc4n5-c4cc(C(C)(C)C)ccn4)cc(C(C)(C)c4ccccc4)c3)cc2)cc(C(C)(C)c2ccccc2)c1.[Pt]. The van der Waals surface area contributed by atoms with Crippen LogP contribution < -0.4 is 9.30 Å². The summed E-state index contributed by atoms with van der Waals surface area (Å²) in [5, 5.41) is 2.22. The summed E-state index contributed by atoms with van der Waals surface area (Å²) in [6.45, 7) is 22.6. The minimum Gasteiger partial charge on any atom is -0.510 e. The number of imidazole rings is 1. The number of nitrogens with zero attached hydrogens (tertiary/aromatic N) is 4. The van der Waals surface area contributed by atoms with Gasteiger partial charge in [0.1, 0.15) is 5.82 Å². The van der Waals surface area contributed by atoms with Gasteiger partial charge in [-0.2, -0.15) is 12.1 Å². The van der Waals surface area contributed by atoms with Crippen molar-refractivity contribution in [2.45, 2.75) is 90.9 Å². The number of aromatic nitrogens is 4. The molecule has 0 bridgehead atoms. The monoisotopic (exact) mass is 1020 g/mol. The third kappa shape index (κ3) is 8.51. The van der Waals surface area contributed by atoms with Crippen molar-refractivity contribution in [3.63, 3.8) is 0 Å². The molecule has 9 aromatic rings. The minimum atomic E-state index is -0.352. The molecule has 0 radical (unpaired) electrons. The average molecular weight is 1020 g/mol. The molecule has 6 heteroatoms. The molecule has 5 nitrogen and oxygen atoms in total. The summed E-state index contributed by atoms with van der Waals surface area (Å²) >= 11 is 0. The van der Waals surface area contributed by atoms with Gasteiger partial charge in [-0.05, 0) is 85.5 Å². The van der Waals surface area contributed by atoms with E-state index in [9.17, 15) is 0 Å². The Hall–Kier alpha value is -6.03. The van der Waals surface area contributed by atoms with Gasteiger partial charge in [0.25, 0.3) is 6.33 Å². The van der Waals surface area contributed by atoms with Gasteiger partial charge in [0.2, 0.25) is 0 Å². The molecule has 6 aromatic carbocycles. The van der Waals surface area contributed by atoms with Crippen molar-refractivity contribution in [2.24, 2.45) is 0 Å². The third-order valence-electron chi connectivity index (χ3n) is 12.8. The second-order valence-electron chi connectivity index (χ2n) is 19.9. The number of para-hydroxylation sites is 1.